The van der Waals surface area contributed by atoms with E-state index in [0.717, 1.165) is 25.1 Å². The minimum atomic E-state index is -0.223. The van der Waals surface area contributed by atoms with Gasteiger partial charge in [-0.25, -0.2) is 0 Å². The number of allylic oxidation sites excluding steroid dienone is 1. The number of rotatable bonds is 2. The third kappa shape index (κ3) is 2.35. The lowest BCUT2D eigenvalue weighted by atomic mass is 9.53. The van der Waals surface area contributed by atoms with E-state index in [1.165, 1.54) is 50.1 Å². The van der Waals surface area contributed by atoms with Crippen LogP contribution in [-0.4, -0.2) is 12.9 Å². The molecule has 7 rings (SSSR count). The molecule has 2 aliphatic carbocycles. The monoisotopic (exact) mass is 441 g/mol. The third-order valence-electron chi connectivity index (χ3n) is 9.80. The van der Waals surface area contributed by atoms with E-state index in [1.54, 1.807) is 0 Å². The Hall–Kier alpha value is -2.87. The van der Waals surface area contributed by atoms with Gasteiger partial charge in [-0.1, -0.05) is 111 Å². The first-order valence-corrected chi connectivity index (χ1v) is 13.1. The third-order valence-corrected chi connectivity index (χ3v) is 9.80. The molecular weight excluding hydrogens is 409 g/mol. The zero-order valence-electron chi connectivity index (χ0n) is 20.7. The number of nitrogens with zero attached hydrogens (tertiary/aromatic N) is 1. The topological polar surface area (TPSA) is 12.4 Å². The van der Waals surface area contributed by atoms with Crippen molar-refractivity contribution >= 4 is 24.1 Å². The Morgan fingerprint density at radius 2 is 1.56 bits per heavy atom. The Balaban J connectivity index is 1.59. The van der Waals surface area contributed by atoms with Crippen molar-refractivity contribution in [1.82, 2.24) is 0 Å². The van der Waals surface area contributed by atoms with Crippen molar-refractivity contribution in [3.8, 4) is 0 Å². The van der Waals surface area contributed by atoms with Crippen molar-refractivity contribution < 1.29 is 0 Å². The summed E-state index contributed by atoms with van der Waals surface area (Å²) in [7, 11) is 0. The fourth-order valence-corrected chi connectivity index (χ4v) is 7.86. The standard InChI is InChI=1S/C32H32BN/c1-5-22-23-11-6-8-13-26(23)32(27-14-9-7-12-24(22)27)28-15-10-18-34-30(28)25-17-16-21(19-29(25)32)33-20(2)31(33,3)4/h6-9,11-14,16-20,22H,5,10,15H2,1-4H3. The number of aliphatic imine (C=N–C) groups is 1. The van der Waals surface area contributed by atoms with Gasteiger partial charge in [0.25, 0.3) is 0 Å². The van der Waals surface area contributed by atoms with E-state index in [9.17, 15) is 0 Å². The Morgan fingerprint density at radius 3 is 2.18 bits per heavy atom. The predicted molar refractivity (Wildman–Crippen MR) is 145 cm³/mol. The van der Waals surface area contributed by atoms with Crippen LogP contribution in [-0.2, 0) is 5.41 Å². The van der Waals surface area contributed by atoms with Crippen molar-refractivity contribution in [1.29, 1.82) is 0 Å². The van der Waals surface area contributed by atoms with E-state index < -0.39 is 0 Å². The highest BCUT2D eigenvalue weighted by molar-refractivity contribution is 6.87. The molecule has 2 heterocycles. The van der Waals surface area contributed by atoms with Crippen molar-refractivity contribution in [3.63, 3.8) is 0 Å². The van der Waals surface area contributed by atoms with Crippen LogP contribution in [0, 0.1) is 0 Å². The molecule has 0 amide bonds. The molecule has 34 heavy (non-hydrogen) atoms. The van der Waals surface area contributed by atoms with E-state index in [0.29, 0.717) is 17.9 Å². The van der Waals surface area contributed by atoms with Crippen molar-refractivity contribution in [2.45, 2.75) is 69.4 Å². The number of hydrogen-bond acceptors (Lipinski definition) is 1. The smallest absolute Gasteiger partial charge is 0.184 e. The van der Waals surface area contributed by atoms with Crippen LogP contribution in [0.25, 0.3) is 5.70 Å². The normalized spacial score (nSPS) is 27.4. The molecule has 2 heteroatoms. The van der Waals surface area contributed by atoms with Gasteiger partial charge < -0.3 is 0 Å². The summed E-state index contributed by atoms with van der Waals surface area (Å²) in [4.78, 5) is 5.06. The van der Waals surface area contributed by atoms with Crippen molar-refractivity contribution in [2.75, 3.05) is 0 Å². The van der Waals surface area contributed by atoms with Gasteiger partial charge in [0.1, 0.15) is 0 Å². The van der Waals surface area contributed by atoms with Gasteiger partial charge in [-0.05, 0) is 52.7 Å². The second kappa shape index (κ2) is 6.84. The second-order valence-electron chi connectivity index (χ2n) is 11.5. The summed E-state index contributed by atoms with van der Waals surface area (Å²) < 4.78 is 0. The molecule has 168 valence electrons. The van der Waals surface area contributed by atoms with Crippen LogP contribution in [0.1, 0.15) is 86.3 Å². The highest BCUT2D eigenvalue weighted by Gasteiger charge is 2.59. The molecule has 0 saturated carbocycles. The fraction of sp³-hybridized carbons (Fsp3) is 0.344. The summed E-state index contributed by atoms with van der Waals surface area (Å²) in [5.74, 6) is 1.17. The van der Waals surface area contributed by atoms with Gasteiger partial charge in [0.05, 0.1) is 11.1 Å². The first kappa shape index (κ1) is 20.5. The quantitative estimate of drug-likeness (QED) is 0.369. The van der Waals surface area contributed by atoms with Crippen molar-refractivity contribution in [3.05, 3.63) is 106 Å². The van der Waals surface area contributed by atoms with E-state index in [-0.39, 0.29) is 5.41 Å². The molecule has 0 bridgehead atoms. The summed E-state index contributed by atoms with van der Waals surface area (Å²) in [6, 6.07) is 26.0. The average molecular weight is 441 g/mol. The van der Waals surface area contributed by atoms with E-state index in [2.05, 4.69) is 101 Å². The minimum absolute atomic E-state index is 0.223. The largest absolute Gasteiger partial charge is 0.261 e. The van der Waals surface area contributed by atoms with Gasteiger partial charge in [0.15, 0.2) is 6.71 Å². The first-order chi connectivity index (χ1) is 16.5. The maximum Gasteiger partial charge on any atom is 0.184 e. The molecule has 4 aliphatic rings. The lowest BCUT2D eigenvalue weighted by Gasteiger charge is -2.44. The zero-order valence-corrected chi connectivity index (χ0v) is 20.7. The fourth-order valence-electron chi connectivity index (χ4n) is 7.86. The number of fused-ring (bicyclic) bond motifs is 8. The van der Waals surface area contributed by atoms with E-state index in [4.69, 9.17) is 4.99 Å². The number of hydrogen-bond donors (Lipinski definition) is 0. The average Bonchev–Trinajstić information content (AvgIpc) is 3.24. The highest BCUT2D eigenvalue weighted by atomic mass is 14.8. The maximum absolute atomic E-state index is 5.06. The van der Waals surface area contributed by atoms with Crippen molar-refractivity contribution in [2.24, 2.45) is 4.99 Å². The van der Waals surface area contributed by atoms with Crippen LogP contribution in [0.3, 0.4) is 0 Å². The Labute approximate surface area is 204 Å². The molecule has 2 aliphatic heterocycles. The SMILES string of the molecule is CCC1c2ccccc2C2(C3=C(N=CCC3)c3ccc(B4C(C)C4(C)C)cc32)c2ccccc21. The molecule has 1 unspecified atom stereocenters. The highest BCUT2D eigenvalue weighted by Crippen LogP contribution is 2.64. The van der Waals surface area contributed by atoms with Gasteiger partial charge in [-0.3, -0.25) is 4.99 Å². The molecule has 1 saturated heterocycles. The molecule has 1 nitrogen and oxygen atoms in total. The Bertz CT molecular complexity index is 1360. The molecule has 3 aromatic carbocycles. The van der Waals surface area contributed by atoms with Crippen LogP contribution in [0.5, 0.6) is 0 Å². The van der Waals surface area contributed by atoms with E-state index >= 15 is 0 Å². The van der Waals surface area contributed by atoms with Crippen LogP contribution < -0.4 is 5.46 Å². The molecule has 0 aromatic heterocycles. The molecule has 0 N–H and O–H groups in total. The summed E-state index contributed by atoms with van der Waals surface area (Å²) in [6.45, 7) is 10.2. The van der Waals surface area contributed by atoms with Crippen LogP contribution in [0.2, 0.25) is 11.1 Å². The summed E-state index contributed by atoms with van der Waals surface area (Å²) in [5.41, 5.74) is 12.8. The first-order valence-electron chi connectivity index (χ1n) is 13.1. The number of benzene rings is 3. The minimum Gasteiger partial charge on any atom is -0.261 e. The molecule has 1 spiro atoms. The molecule has 1 fully saturated rings. The maximum atomic E-state index is 5.06. The second-order valence-corrected chi connectivity index (χ2v) is 11.5. The molecule has 1 atom stereocenters. The van der Waals surface area contributed by atoms with Crippen LogP contribution >= 0.6 is 0 Å². The van der Waals surface area contributed by atoms with Gasteiger partial charge in [0, 0.05) is 17.7 Å². The van der Waals surface area contributed by atoms with Crippen LogP contribution in [0.15, 0.2) is 77.3 Å². The van der Waals surface area contributed by atoms with Gasteiger partial charge in [0.2, 0.25) is 0 Å². The predicted octanol–water partition coefficient (Wildman–Crippen LogP) is 7.35. The Morgan fingerprint density at radius 1 is 0.912 bits per heavy atom. The Kier molecular flexibility index (Phi) is 4.13. The lowest BCUT2D eigenvalue weighted by molar-refractivity contribution is 0.621. The summed E-state index contributed by atoms with van der Waals surface area (Å²) in [6.07, 6.45) is 5.36. The van der Waals surface area contributed by atoms with Gasteiger partial charge >= 0.3 is 0 Å². The van der Waals surface area contributed by atoms with E-state index in [1.807, 2.05) is 0 Å². The zero-order chi connectivity index (χ0) is 23.2. The van der Waals surface area contributed by atoms with Gasteiger partial charge in [-0.15, -0.1) is 0 Å². The van der Waals surface area contributed by atoms with Crippen LogP contribution in [0.4, 0.5) is 0 Å². The molecule has 3 aromatic rings. The summed E-state index contributed by atoms with van der Waals surface area (Å²) in [5, 5.41) is 0.376. The lowest BCUT2D eigenvalue weighted by Crippen LogP contribution is -2.37. The molecular formula is C32H32BN. The summed E-state index contributed by atoms with van der Waals surface area (Å²) >= 11 is 0. The molecule has 0 radical (unpaired) electrons. The van der Waals surface area contributed by atoms with Gasteiger partial charge in [-0.2, -0.15) is 0 Å².